The van der Waals surface area contributed by atoms with E-state index in [9.17, 15) is 0 Å². The molecule has 0 aliphatic heterocycles. The predicted molar refractivity (Wildman–Crippen MR) is 0 cm³/mol. The van der Waals surface area contributed by atoms with Crippen molar-refractivity contribution in [1.82, 2.24) is 0 Å². The van der Waals surface area contributed by atoms with Crippen molar-refractivity contribution < 1.29 is 125 Å². The van der Waals surface area contributed by atoms with Crippen LogP contribution in [0.25, 0.3) is 0 Å². The minimum absolute atomic E-state index is 0. The smallest absolute Gasteiger partial charge is 0.357 e. The van der Waals surface area contributed by atoms with E-state index in [-0.39, 0.29) is 26.2 Å². The van der Waals surface area contributed by atoms with Crippen LogP contribution in [0.3, 0.4) is 0 Å². The van der Waals surface area contributed by atoms with Gasteiger partial charge in [-0.25, -0.2) is 0 Å². The molecule has 0 radical (unpaired) electrons. The quantitative estimate of drug-likeness (QED) is 0.350. The van der Waals surface area contributed by atoms with Crippen molar-refractivity contribution in [3.8, 4) is 0 Å². The summed E-state index contributed by atoms with van der Waals surface area (Å²) < 4.78 is 101. The van der Waals surface area contributed by atoms with Crippen molar-refractivity contribution in [2.45, 2.75) is 0 Å². The zero-order chi connectivity index (χ0) is 14.3. The van der Waals surface area contributed by atoms with E-state index in [1.807, 2.05) is 0 Å². The van der Waals surface area contributed by atoms with E-state index in [0.29, 0.717) is 0 Å². The van der Waals surface area contributed by atoms with Crippen molar-refractivity contribution in [2.75, 3.05) is 0 Å². The molecular formula is Cl4O12Zr. The number of hydrogen-bond acceptors (Lipinski definition) is 12. The SMILES string of the molecule is [O-][Cl+2]([O-])[O-].[O-][Cl+2]([O-])[O-].[O-][Cl+2]([O-])[O-].[O-][Cl+2]([O-])[O-].[Zr+4]. The molecule has 0 aliphatic carbocycles. The normalized spacial score (nSPS) is 8.47. The second-order valence-electron chi connectivity index (χ2n) is 0.756. The van der Waals surface area contributed by atoms with E-state index in [4.69, 9.17) is 55.9 Å². The third kappa shape index (κ3) is 1740. The fraction of sp³-hybridized carbons (Fsp3) is 0. The molecule has 17 heavy (non-hydrogen) atoms. The first-order valence-electron chi connectivity index (χ1n) is 1.85. The second-order valence-corrected chi connectivity index (χ2v) is 2.27. The molecule has 0 rings (SSSR count). The molecule has 0 bridgehead atoms. The molecule has 0 aliphatic rings. The Labute approximate surface area is 125 Å². The van der Waals surface area contributed by atoms with Crippen LogP contribution in [0.5, 0.6) is 0 Å². The minimum Gasteiger partial charge on any atom is -0.357 e. The van der Waals surface area contributed by atoms with Crippen LogP contribution in [0.2, 0.25) is 0 Å². The molecule has 0 aromatic carbocycles. The fourth-order valence-electron chi connectivity index (χ4n) is 0. The maximum Gasteiger partial charge on any atom is 4.00 e. The second kappa shape index (κ2) is 26.2. The summed E-state index contributed by atoms with van der Waals surface area (Å²) >= 11 is 0. The number of hydrogen-bond donors (Lipinski definition) is 0. The molecule has 0 heterocycles. The van der Waals surface area contributed by atoms with Gasteiger partial charge in [0.1, 0.15) is 0 Å². The predicted octanol–water partition coefficient (Wildman–Crippen LogP) is -14.3. The van der Waals surface area contributed by atoms with Crippen LogP contribution in [0.4, 0.5) is 0 Å². The Balaban J connectivity index is -0.0000000369. The van der Waals surface area contributed by atoms with Crippen LogP contribution in [0.1, 0.15) is 0 Å². The first-order chi connectivity index (χ1) is 6.93. The molecule has 0 aromatic rings. The van der Waals surface area contributed by atoms with Crippen molar-refractivity contribution in [2.24, 2.45) is 0 Å². The van der Waals surface area contributed by atoms with Crippen LogP contribution in [-0.2, 0) is 26.2 Å². The molecule has 0 unspecified atom stereocenters. The summed E-state index contributed by atoms with van der Waals surface area (Å²) in [6.45, 7) is 0. The molecule has 0 N–H and O–H groups in total. The van der Waals surface area contributed by atoms with Gasteiger partial charge in [0, 0.05) is 0 Å². The van der Waals surface area contributed by atoms with Crippen molar-refractivity contribution in [1.29, 1.82) is 0 Å². The van der Waals surface area contributed by atoms with Gasteiger partial charge in [-0.2, -0.15) is 0 Å². The molecule has 104 valence electrons. The Morgan fingerprint density at radius 1 is 0.294 bits per heavy atom. The first kappa shape index (κ1) is 31.1. The fourth-order valence-corrected chi connectivity index (χ4v) is 0. The summed E-state index contributed by atoms with van der Waals surface area (Å²) in [5, 5.41) is 0. The first-order valence-corrected chi connectivity index (χ1v) is 5.55. The third-order valence-electron chi connectivity index (χ3n) is 0. The monoisotopic (exact) mass is 422 g/mol. The van der Waals surface area contributed by atoms with Crippen LogP contribution >= 0.6 is 0 Å². The molecule has 0 aromatic heterocycles. The maximum atomic E-state index is 8.41. The molecule has 0 amide bonds. The number of halogens is 4. The molecule has 17 heteroatoms. The van der Waals surface area contributed by atoms with Gasteiger partial charge in [-0.05, 0) is 0 Å². The van der Waals surface area contributed by atoms with E-state index in [1.54, 1.807) is 0 Å². The Bertz CT molecular complexity index is 61.5. The van der Waals surface area contributed by atoms with Gasteiger partial charge in [-0.15, -0.1) is 0 Å². The maximum absolute atomic E-state index is 8.41. The molecular weight excluding hydrogens is 425 g/mol. The summed E-state index contributed by atoms with van der Waals surface area (Å²) in [6, 6.07) is 0. The Morgan fingerprint density at radius 2 is 0.294 bits per heavy atom. The van der Waals surface area contributed by atoms with Crippen LogP contribution < -0.4 is 55.9 Å². The standard InChI is InChI=1S/4ClO3.Zr/c4*2-1(3)4;/q4*-1;+4. The van der Waals surface area contributed by atoms with Crippen LogP contribution in [0, 0.1) is 43.1 Å². The summed E-state index contributed by atoms with van der Waals surface area (Å²) in [6.07, 6.45) is 0. The van der Waals surface area contributed by atoms with Gasteiger partial charge in [-0.3, -0.25) is 0 Å². The molecule has 0 saturated heterocycles. The van der Waals surface area contributed by atoms with Crippen molar-refractivity contribution in [3.05, 3.63) is 0 Å². The van der Waals surface area contributed by atoms with E-state index in [2.05, 4.69) is 0 Å². The summed E-state index contributed by atoms with van der Waals surface area (Å²) in [5.74, 6) is 0. The van der Waals surface area contributed by atoms with E-state index < -0.39 is 43.1 Å². The number of rotatable bonds is 0. The van der Waals surface area contributed by atoms with Gasteiger partial charge < -0.3 is 55.9 Å². The van der Waals surface area contributed by atoms with E-state index >= 15 is 0 Å². The molecule has 0 atom stereocenters. The minimum atomic E-state index is -2.85. The van der Waals surface area contributed by atoms with Gasteiger partial charge in [0.2, 0.25) is 0 Å². The van der Waals surface area contributed by atoms with Gasteiger partial charge >= 0.3 is 26.2 Å². The average molecular weight is 425 g/mol. The molecule has 0 saturated carbocycles. The average Bonchev–Trinajstić information content (AvgIpc) is 1.76. The van der Waals surface area contributed by atoms with Gasteiger partial charge in [-0.1, -0.05) is 0 Å². The summed E-state index contributed by atoms with van der Waals surface area (Å²) in [5.41, 5.74) is 0. The van der Waals surface area contributed by atoms with Gasteiger partial charge in [0.25, 0.3) is 0 Å². The Hall–Kier alpha value is 1.56. The largest absolute Gasteiger partial charge is 4.00 e. The van der Waals surface area contributed by atoms with Gasteiger partial charge in [0.15, 0.2) is 0 Å². The summed E-state index contributed by atoms with van der Waals surface area (Å²) in [4.78, 5) is 0. The third-order valence-corrected chi connectivity index (χ3v) is 0. The summed E-state index contributed by atoms with van der Waals surface area (Å²) in [7, 11) is -11.4. The van der Waals surface area contributed by atoms with Crippen molar-refractivity contribution >= 4 is 0 Å². The zero-order valence-corrected chi connectivity index (χ0v) is 12.4. The van der Waals surface area contributed by atoms with Gasteiger partial charge in [0.05, 0.1) is 43.1 Å². The topological polar surface area (TPSA) is 277 Å². The van der Waals surface area contributed by atoms with Crippen LogP contribution in [-0.4, -0.2) is 0 Å². The van der Waals surface area contributed by atoms with E-state index in [1.165, 1.54) is 0 Å². The Morgan fingerprint density at radius 3 is 0.294 bits per heavy atom. The molecule has 0 spiro atoms. The molecule has 0 fully saturated rings. The van der Waals surface area contributed by atoms with E-state index in [0.717, 1.165) is 0 Å². The molecule has 12 nitrogen and oxygen atoms in total. The van der Waals surface area contributed by atoms with Crippen LogP contribution in [0.15, 0.2) is 0 Å². The van der Waals surface area contributed by atoms with Crippen molar-refractivity contribution in [3.63, 3.8) is 0 Å². The Kier molecular flexibility index (Phi) is 48.0. The zero-order valence-electron chi connectivity index (χ0n) is 6.91.